The lowest BCUT2D eigenvalue weighted by Gasteiger charge is -2.18. The zero-order valence-electron chi connectivity index (χ0n) is 18.5. The van der Waals surface area contributed by atoms with Crippen LogP contribution in [0.25, 0.3) is 0 Å². The fourth-order valence-electron chi connectivity index (χ4n) is 2.38. The molecule has 1 aromatic heterocycles. The van der Waals surface area contributed by atoms with E-state index in [-0.39, 0.29) is 10.0 Å². The number of hydrogen-bond donors (Lipinski definition) is 3. The van der Waals surface area contributed by atoms with Crippen molar-refractivity contribution in [3.05, 3.63) is 46.5 Å². The average Bonchev–Trinajstić information content (AvgIpc) is 3.11. The Morgan fingerprint density at radius 3 is 2.39 bits per heavy atom. The number of carbonyl (C=O) groups excluding carboxylic acids is 1. The Kier molecular flexibility index (Phi) is 12.4. The number of carboxylic acid groups (broad SMARTS) is 1. The summed E-state index contributed by atoms with van der Waals surface area (Å²) in [5.74, 6) is -1.07. The highest BCUT2D eigenvalue weighted by Gasteiger charge is 2.20. The second kappa shape index (κ2) is 14.2. The normalized spacial score (nSPS) is 10.7. The second-order valence-corrected chi connectivity index (χ2v) is 9.29. The van der Waals surface area contributed by atoms with E-state index in [0.29, 0.717) is 11.0 Å². The van der Waals surface area contributed by atoms with Crippen molar-refractivity contribution in [2.75, 3.05) is 11.9 Å². The van der Waals surface area contributed by atoms with Crippen molar-refractivity contribution in [1.29, 1.82) is 0 Å². The van der Waals surface area contributed by atoms with Gasteiger partial charge in [0.15, 0.2) is 5.13 Å². The third-order valence-corrected chi connectivity index (χ3v) is 5.29. The summed E-state index contributed by atoms with van der Waals surface area (Å²) in [7, 11) is 0. The van der Waals surface area contributed by atoms with Crippen LogP contribution in [-0.2, 0) is 16.6 Å². The maximum absolute atomic E-state index is 11.5. The number of anilines is 1. The van der Waals surface area contributed by atoms with E-state index in [1.165, 1.54) is 24.8 Å². The van der Waals surface area contributed by atoms with Gasteiger partial charge in [-0.15, -0.1) is 0 Å². The van der Waals surface area contributed by atoms with E-state index in [9.17, 15) is 9.59 Å². The zero-order chi connectivity index (χ0) is 23.3. The molecule has 1 amide bonds. The van der Waals surface area contributed by atoms with Crippen LogP contribution in [-0.4, -0.2) is 34.3 Å². The molecule has 3 N–H and O–H groups in total. The molecule has 2 aromatic rings. The molecule has 31 heavy (non-hydrogen) atoms. The number of aromatic nitrogens is 1. The van der Waals surface area contributed by atoms with Gasteiger partial charge in [-0.3, -0.25) is 5.32 Å². The Balaban J connectivity index is 0.000000327. The van der Waals surface area contributed by atoms with Crippen molar-refractivity contribution in [3.8, 4) is 0 Å². The van der Waals surface area contributed by atoms with Gasteiger partial charge in [0.25, 0.3) is 0 Å². The van der Waals surface area contributed by atoms with Gasteiger partial charge in [-0.25, -0.2) is 14.6 Å². The minimum absolute atomic E-state index is 0.0953. The van der Waals surface area contributed by atoms with Crippen molar-refractivity contribution in [1.82, 2.24) is 10.3 Å². The molecule has 1 heterocycles. The molecule has 2 rings (SSSR count). The summed E-state index contributed by atoms with van der Waals surface area (Å²) in [6, 6.07) is 10.5. The number of ether oxygens (including phenoxy) is 1. The molecule has 0 aliphatic heterocycles. The summed E-state index contributed by atoms with van der Waals surface area (Å²) in [5, 5.41) is 15.3. The standard InChI is InChI=1S/C12H19N.C10H13BrN2O4S/c1-2-3-7-10-13-11-12-8-5-4-6-9-12;1-10(2,3)17-9(16)13-8-12-5(4-11)6(18-8)7(14)15/h4-6,8-9,13H,2-3,7,10-11H2,1H3;4H2,1-3H3,(H,14,15)(H,12,13,16). The van der Waals surface area contributed by atoms with Gasteiger partial charge in [0, 0.05) is 11.9 Å². The molecule has 0 aliphatic rings. The first-order valence-electron chi connectivity index (χ1n) is 10.2. The summed E-state index contributed by atoms with van der Waals surface area (Å²) in [4.78, 5) is 26.5. The van der Waals surface area contributed by atoms with Crippen LogP contribution >= 0.6 is 27.3 Å². The molecule has 0 saturated heterocycles. The summed E-state index contributed by atoms with van der Waals surface area (Å²) < 4.78 is 5.04. The molecule has 0 bridgehead atoms. The van der Waals surface area contributed by atoms with E-state index in [4.69, 9.17) is 9.84 Å². The maximum atomic E-state index is 11.5. The number of aromatic carboxylic acids is 1. The van der Waals surface area contributed by atoms with E-state index in [0.717, 1.165) is 24.4 Å². The number of carboxylic acids is 1. The molecule has 0 radical (unpaired) electrons. The second-order valence-electron chi connectivity index (χ2n) is 7.73. The first-order valence-corrected chi connectivity index (χ1v) is 12.1. The number of carbonyl (C=O) groups is 2. The number of benzene rings is 1. The SMILES string of the molecule is CC(C)(C)OC(=O)Nc1nc(CBr)c(C(=O)O)s1.CCCCCNCc1ccccc1. The zero-order valence-corrected chi connectivity index (χ0v) is 20.9. The lowest BCUT2D eigenvalue weighted by atomic mass is 10.2. The Labute approximate surface area is 196 Å². The highest BCUT2D eigenvalue weighted by molar-refractivity contribution is 9.08. The Morgan fingerprint density at radius 2 is 1.87 bits per heavy atom. The largest absolute Gasteiger partial charge is 0.477 e. The molecular formula is C22H32BrN3O4S. The highest BCUT2D eigenvalue weighted by atomic mass is 79.9. The summed E-state index contributed by atoms with van der Waals surface area (Å²) in [6.45, 7) is 9.59. The number of alkyl halides is 1. The maximum Gasteiger partial charge on any atom is 0.413 e. The molecule has 0 fully saturated rings. The van der Waals surface area contributed by atoms with Crippen LogP contribution in [0.4, 0.5) is 9.93 Å². The minimum Gasteiger partial charge on any atom is -0.477 e. The van der Waals surface area contributed by atoms with Crippen molar-refractivity contribution in [2.24, 2.45) is 0 Å². The van der Waals surface area contributed by atoms with Crippen LogP contribution in [0.15, 0.2) is 30.3 Å². The predicted octanol–water partition coefficient (Wildman–Crippen LogP) is 6.05. The van der Waals surface area contributed by atoms with Crippen LogP contribution in [0.1, 0.15) is 67.9 Å². The monoisotopic (exact) mass is 513 g/mol. The Bertz CT molecular complexity index is 807. The Hall–Kier alpha value is -1.97. The third-order valence-electron chi connectivity index (χ3n) is 3.76. The molecule has 7 nitrogen and oxygen atoms in total. The molecule has 172 valence electrons. The van der Waals surface area contributed by atoms with Crippen LogP contribution in [0.5, 0.6) is 0 Å². The number of nitrogens with zero attached hydrogens (tertiary/aromatic N) is 1. The number of nitrogens with one attached hydrogen (secondary N) is 2. The highest BCUT2D eigenvalue weighted by Crippen LogP contribution is 2.25. The molecule has 0 saturated carbocycles. The summed E-state index contributed by atoms with van der Waals surface area (Å²) in [5.41, 5.74) is 1.13. The quantitative estimate of drug-likeness (QED) is 0.278. The van der Waals surface area contributed by atoms with E-state index in [1.54, 1.807) is 20.8 Å². The van der Waals surface area contributed by atoms with Gasteiger partial charge in [-0.2, -0.15) is 0 Å². The third kappa shape index (κ3) is 11.9. The van der Waals surface area contributed by atoms with Gasteiger partial charge in [-0.1, -0.05) is 77.4 Å². The number of halogens is 1. The molecule has 0 aliphatic carbocycles. The molecule has 0 unspecified atom stereocenters. The van der Waals surface area contributed by atoms with Crippen LogP contribution in [0.3, 0.4) is 0 Å². The van der Waals surface area contributed by atoms with E-state index in [1.807, 2.05) is 0 Å². The number of hydrogen-bond acceptors (Lipinski definition) is 6. The van der Waals surface area contributed by atoms with E-state index < -0.39 is 17.7 Å². The first kappa shape index (κ1) is 27.1. The van der Waals surface area contributed by atoms with Gasteiger partial charge < -0.3 is 15.2 Å². The minimum atomic E-state index is -1.07. The molecular weight excluding hydrogens is 482 g/mol. The fraction of sp³-hybridized carbons (Fsp3) is 0.500. The van der Waals surface area contributed by atoms with E-state index in [2.05, 4.69) is 68.8 Å². The summed E-state index contributed by atoms with van der Waals surface area (Å²) >= 11 is 4.04. The fourth-order valence-corrected chi connectivity index (χ4v) is 3.78. The average molecular weight is 514 g/mol. The lowest BCUT2D eigenvalue weighted by Crippen LogP contribution is -2.27. The van der Waals surface area contributed by atoms with Gasteiger partial charge in [0.1, 0.15) is 10.5 Å². The molecule has 1 aromatic carbocycles. The van der Waals surface area contributed by atoms with Crippen LogP contribution < -0.4 is 10.6 Å². The molecule has 9 heteroatoms. The van der Waals surface area contributed by atoms with Crippen molar-refractivity contribution in [3.63, 3.8) is 0 Å². The number of amides is 1. The topological polar surface area (TPSA) is 101 Å². The number of unbranched alkanes of at least 4 members (excludes halogenated alkanes) is 2. The van der Waals surface area contributed by atoms with Crippen molar-refractivity contribution in [2.45, 2.75) is 64.4 Å². The Morgan fingerprint density at radius 1 is 1.19 bits per heavy atom. The van der Waals surface area contributed by atoms with Crippen molar-refractivity contribution < 1.29 is 19.4 Å². The van der Waals surface area contributed by atoms with E-state index >= 15 is 0 Å². The van der Waals surface area contributed by atoms with Crippen LogP contribution in [0, 0.1) is 0 Å². The van der Waals surface area contributed by atoms with Gasteiger partial charge in [0.2, 0.25) is 0 Å². The summed E-state index contributed by atoms with van der Waals surface area (Å²) in [6.07, 6.45) is 3.27. The number of rotatable bonds is 9. The molecule has 0 atom stereocenters. The number of thiazole rings is 1. The van der Waals surface area contributed by atoms with Gasteiger partial charge in [0.05, 0.1) is 5.69 Å². The van der Waals surface area contributed by atoms with Crippen LogP contribution in [0.2, 0.25) is 0 Å². The molecule has 0 spiro atoms. The lowest BCUT2D eigenvalue weighted by molar-refractivity contribution is 0.0634. The van der Waals surface area contributed by atoms with Gasteiger partial charge >= 0.3 is 12.1 Å². The van der Waals surface area contributed by atoms with Gasteiger partial charge in [-0.05, 0) is 39.3 Å². The first-order chi connectivity index (χ1) is 14.7. The van der Waals surface area contributed by atoms with Crippen molar-refractivity contribution >= 4 is 44.5 Å². The smallest absolute Gasteiger partial charge is 0.413 e. The predicted molar refractivity (Wildman–Crippen MR) is 129 cm³/mol.